The molecule has 4 heteroatoms. The van der Waals surface area contributed by atoms with Gasteiger partial charge in [0.1, 0.15) is 5.69 Å². The summed E-state index contributed by atoms with van der Waals surface area (Å²) < 4.78 is 6.58. The first kappa shape index (κ1) is 13.3. The van der Waals surface area contributed by atoms with Gasteiger partial charge in [0, 0.05) is 16.6 Å². The monoisotopic (exact) mass is 308 g/mol. The van der Waals surface area contributed by atoms with E-state index in [4.69, 9.17) is 4.42 Å². The molecule has 3 nitrogen and oxygen atoms in total. The molecule has 2 rings (SSSR count). The molecule has 96 valence electrons. The highest BCUT2D eigenvalue weighted by molar-refractivity contribution is 9.10. The van der Waals surface area contributed by atoms with Gasteiger partial charge in [0.15, 0.2) is 12.2 Å². The van der Waals surface area contributed by atoms with Gasteiger partial charge in [-0.1, -0.05) is 22.9 Å². The number of benzene rings is 1. The van der Waals surface area contributed by atoms with Crippen molar-refractivity contribution in [3.8, 4) is 11.3 Å². The van der Waals surface area contributed by atoms with Crippen LogP contribution in [-0.2, 0) is 6.54 Å². The third kappa shape index (κ3) is 3.21. The minimum Gasteiger partial charge on any atom is -0.443 e. The Morgan fingerprint density at radius 3 is 2.89 bits per heavy atom. The van der Waals surface area contributed by atoms with E-state index in [1.165, 1.54) is 12.0 Å². The summed E-state index contributed by atoms with van der Waals surface area (Å²) in [6.45, 7) is 5.95. The van der Waals surface area contributed by atoms with Crippen molar-refractivity contribution in [1.29, 1.82) is 0 Å². The van der Waals surface area contributed by atoms with E-state index in [1.807, 2.05) is 0 Å². The largest absolute Gasteiger partial charge is 0.443 e. The molecular formula is C14H17BrN2O. The second-order valence-electron chi connectivity index (χ2n) is 4.32. The first-order valence-corrected chi connectivity index (χ1v) is 6.90. The van der Waals surface area contributed by atoms with Crippen LogP contribution in [0.15, 0.2) is 33.5 Å². The Morgan fingerprint density at radius 1 is 1.33 bits per heavy atom. The number of aromatic nitrogens is 1. The van der Waals surface area contributed by atoms with Gasteiger partial charge in [-0.3, -0.25) is 0 Å². The van der Waals surface area contributed by atoms with E-state index in [0.717, 1.165) is 41.0 Å². The Hall–Kier alpha value is -1.13. The molecule has 0 aliphatic rings. The maximum Gasteiger partial charge on any atom is 0.181 e. The molecule has 0 saturated carbocycles. The highest BCUT2D eigenvalue weighted by Gasteiger charge is 2.11. The average molecular weight is 309 g/mol. The van der Waals surface area contributed by atoms with Crippen LogP contribution in [0.5, 0.6) is 0 Å². The van der Waals surface area contributed by atoms with E-state index >= 15 is 0 Å². The smallest absolute Gasteiger partial charge is 0.181 e. The van der Waals surface area contributed by atoms with E-state index in [0.29, 0.717) is 0 Å². The standard InChI is InChI=1S/C14H17BrN2O/c1-3-4-16-8-13-14(18-9-17-13)11-5-10(2)6-12(15)7-11/h5-7,9,16H,3-4,8H2,1-2H3. The molecular weight excluding hydrogens is 292 g/mol. The Bertz CT molecular complexity index is 502. The van der Waals surface area contributed by atoms with Crippen LogP contribution >= 0.6 is 15.9 Å². The molecule has 0 unspecified atom stereocenters. The molecule has 0 fully saturated rings. The number of hydrogen-bond donors (Lipinski definition) is 1. The number of rotatable bonds is 5. The Labute approximate surface area is 116 Å². The summed E-state index contributed by atoms with van der Waals surface area (Å²) in [7, 11) is 0. The summed E-state index contributed by atoms with van der Waals surface area (Å²) in [4.78, 5) is 4.28. The van der Waals surface area contributed by atoms with Gasteiger partial charge >= 0.3 is 0 Å². The minimum absolute atomic E-state index is 0.741. The molecule has 0 amide bonds. The summed E-state index contributed by atoms with van der Waals surface area (Å²) in [5, 5.41) is 3.34. The molecule has 0 aliphatic heterocycles. The molecule has 2 aromatic rings. The summed E-state index contributed by atoms with van der Waals surface area (Å²) in [6, 6.07) is 6.24. The van der Waals surface area contributed by atoms with Crippen molar-refractivity contribution in [3.63, 3.8) is 0 Å². The minimum atomic E-state index is 0.741. The highest BCUT2D eigenvalue weighted by Crippen LogP contribution is 2.27. The van der Waals surface area contributed by atoms with Crippen LogP contribution in [0.3, 0.4) is 0 Å². The first-order chi connectivity index (χ1) is 8.70. The fourth-order valence-electron chi connectivity index (χ4n) is 1.88. The normalized spacial score (nSPS) is 10.8. The number of nitrogens with one attached hydrogen (secondary N) is 1. The lowest BCUT2D eigenvalue weighted by Crippen LogP contribution is -2.14. The molecule has 1 heterocycles. The molecule has 18 heavy (non-hydrogen) atoms. The molecule has 0 atom stereocenters. The van der Waals surface area contributed by atoms with Crippen LogP contribution in [0.2, 0.25) is 0 Å². The van der Waals surface area contributed by atoms with E-state index in [9.17, 15) is 0 Å². The fourth-order valence-corrected chi connectivity index (χ4v) is 2.49. The van der Waals surface area contributed by atoms with Crippen molar-refractivity contribution in [2.45, 2.75) is 26.8 Å². The third-order valence-corrected chi connectivity index (χ3v) is 3.12. The van der Waals surface area contributed by atoms with Gasteiger partial charge in [0.25, 0.3) is 0 Å². The molecule has 1 N–H and O–H groups in total. The number of nitrogens with zero attached hydrogens (tertiary/aromatic N) is 1. The second-order valence-corrected chi connectivity index (χ2v) is 5.24. The van der Waals surface area contributed by atoms with Crippen LogP contribution in [-0.4, -0.2) is 11.5 Å². The molecule has 0 radical (unpaired) electrons. The molecule has 0 spiro atoms. The van der Waals surface area contributed by atoms with Crippen molar-refractivity contribution >= 4 is 15.9 Å². The molecule has 0 saturated heterocycles. The summed E-state index contributed by atoms with van der Waals surface area (Å²) in [5.74, 6) is 0.850. The predicted octanol–water partition coefficient (Wildman–Crippen LogP) is 3.91. The highest BCUT2D eigenvalue weighted by atomic mass is 79.9. The van der Waals surface area contributed by atoms with Crippen LogP contribution < -0.4 is 5.32 Å². The van der Waals surface area contributed by atoms with Crippen LogP contribution in [0.1, 0.15) is 24.6 Å². The maximum absolute atomic E-state index is 5.52. The topological polar surface area (TPSA) is 38.1 Å². The first-order valence-electron chi connectivity index (χ1n) is 6.11. The Balaban J connectivity index is 2.24. The van der Waals surface area contributed by atoms with Crippen molar-refractivity contribution in [3.05, 3.63) is 40.3 Å². The quantitative estimate of drug-likeness (QED) is 0.851. The number of oxazole rings is 1. The van der Waals surface area contributed by atoms with Crippen molar-refractivity contribution in [2.75, 3.05) is 6.54 Å². The average Bonchev–Trinajstić information content (AvgIpc) is 2.76. The predicted molar refractivity (Wildman–Crippen MR) is 76.4 cm³/mol. The molecule has 0 aliphatic carbocycles. The number of aryl methyl sites for hydroxylation is 1. The SMILES string of the molecule is CCCNCc1ncoc1-c1cc(C)cc(Br)c1. The Kier molecular flexibility index (Phi) is 4.55. The van der Waals surface area contributed by atoms with E-state index < -0.39 is 0 Å². The zero-order chi connectivity index (χ0) is 13.0. The second kappa shape index (κ2) is 6.16. The van der Waals surface area contributed by atoms with Crippen molar-refractivity contribution in [2.24, 2.45) is 0 Å². The fraction of sp³-hybridized carbons (Fsp3) is 0.357. The van der Waals surface area contributed by atoms with Gasteiger partial charge in [-0.25, -0.2) is 4.98 Å². The van der Waals surface area contributed by atoms with Crippen LogP contribution in [0.25, 0.3) is 11.3 Å². The lowest BCUT2D eigenvalue weighted by Gasteiger charge is -2.04. The lowest BCUT2D eigenvalue weighted by atomic mass is 10.1. The van der Waals surface area contributed by atoms with Gasteiger partial charge in [0.05, 0.1) is 0 Å². The Morgan fingerprint density at radius 2 is 2.17 bits per heavy atom. The van der Waals surface area contributed by atoms with Gasteiger partial charge in [0.2, 0.25) is 0 Å². The summed E-state index contributed by atoms with van der Waals surface area (Å²) >= 11 is 3.51. The van der Waals surface area contributed by atoms with Gasteiger partial charge in [-0.15, -0.1) is 0 Å². The van der Waals surface area contributed by atoms with Gasteiger partial charge in [-0.05, 0) is 43.7 Å². The van der Waals surface area contributed by atoms with Crippen molar-refractivity contribution < 1.29 is 4.42 Å². The molecule has 1 aromatic heterocycles. The van der Waals surface area contributed by atoms with E-state index in [1.54, 1.807) is 0 Å². The molecule has 0 bridgehead atoms. The van der Waals surface area contributed by atoms with Crippen LogP contribution in [0.4, 0.5) is 0 Å². The third-order valence-electron chi connectivity index (χ3n) is 2.66. The summed E-state index contributed by atoms with van der Waals surface area (Å²) in [6.07, 6.45) is 2.62. The van der Waals surface area contributed by atoms with Crippen molar-refractivity contribution in [1.82, 2.24) is 10.3 Å². The van der Waals surface area contributed by atoms with Gasteiger partial charge in [-0.2, -0.15) is 0 Å². The molecule has 1 aromatic carbocycles. The lowest BCUT2D eigenvalue weighted by molar-refractivity contribution is 0.569. The van der Waals surface area contributed by atoms with Crippen LogP contribution in [0, 0.1) is 6.92 Å². The zero-order valence-electron chi connectivity index (χ0n) is 10.7. The number of hydrogen-bond acceptors (Lipinski definition) is 3. The van der Waals surface area contributed by atoms with E-state index in [-0.39, 0.29) is 0 Å². The van der Waals surface area contributed by atoms with Gasteiger partial charge < -0.3 is 9.73 Å². The maximum atomic E-state index is 5.52. The zero-order valence-corrected chi connectivity index (χ0v) is 12.3. The summed E-state index contributed by atoms with van der Waals surface area (Å²) in [5.41, 5.74) is 3.22. The van der Waals surface area contributed by atoms with E-state index in [2.05, 4.69) is 58.3 Å². The number of halogens is 1.